The molecule has 0 radical (unpaired) electrons. The number of rotatable bonds is 4. The predicted octanol–water partition coefficient (Wildman–Crippen LogP) is 2.79. The van der Waals surface area contributed by atoms with Gasteiger partial charge >= 0.3 is 0 Å². The zero-order valence-corrected chi connectivity index (χ0v) is 18.7. The van der Waals surface area contributed by atoms with Gasteiger partial charge < -0.3 is 15.3 Å². The molecule has 1 aromatic carbocycles. The van der Waals surface area contributed by atoms with Crippen LogP contribution in [0.25, 0.3) is 22.2 Å². The molecule has 4 heterocycles. The van der Waals surface area contributed by atoms with E-state index in [-0.39, 0.29) is 6.10 Å². The molecular weight excluding hydrogens is 420 g/mol. The van der Waals surface area contributed by atoms with Crippen LogP contribution in [-0.2, 0) is 13.5 Å². The van der Waals surface area contributed by atoms with Crippen LogP contribution in [-0.4, -0.2) is 46.3 Å². The fourth-order valence-corrected chi connectivity index (χ4v) is 5.33. The third-order valence-corrected chi connectivity index (χ3v) is 7.01. The van der Waals surface area contributed by atoms with Crippen LogP contribution in [0.15, 0.2) is 58.8 Å². The molecule has 0 spiro atoms. The Labute approximate surface area is 190 Å². The van der Waals surface area contributed by atoms with Crippen LogP contribution in [0, 0.1) is 0 Å². The molecule has 1 fully saturated rings. The topological polar surface area (TPSA) is 78.1 Å². The fourth-order valence-electron chi connectivity index (χ4n) is 4.55. The highest BCUT2D eigenvalue weighted by molar-refractivity contribution is 7.99. The highest BCUT2D eigenvalue weighted by atomic mass is 32.2. The van der Waals surface area contributed by atoms with Crippen molar-refractivity contribution in [3.8, 4) is 11.1 Å². The number of hydrogen-bond donors (Lipinski definition) is 2. The lowest BCUT2D eigenvalue weighted by Crippen LogP contribution is -2.51. The molecule has 1 saturated heterocycles. The largest absolute Gasteiger partial charge is 0.389 e. The van der Waals surface area contributed by atoms with Gasteiger partial charge in [-0.1, -0.05) is 12.1 Å². The minimum absolute atomic E-state index is 0.300. The van der Waals surface area contributed by atoms with Crippen LogP contribution < -0.4 is 14.8 Å². The molecule has 0 bridgehead atoms. The number of aliphatic hydroxyl groups excluding tert-OH is 1. The van der Waals surface area contributed by atoms with Crippen molar-refractivity contribution in [1.29, 1.82) is 0 Å². The van der Waals surface area contributed by atoms with Gasteiger partial charge in [0.05, 0.1) is 11.8 Å². The second kappa shape index (κ2) is 7.43. The van der Waals surface area contributed by atoms with Crippen LogP contribution in [0.4, 0.5) is 11.5 Å². The number of aromatic nitrogens is 4. The summed E-state index contributed by atoms with van der Waals surface area (Å²) in [5.41, 5.74) is 7.71. The minimum Gasteiger partial charge on any atom is -0.389 e. The average molecular weight is 444 g/mol. The lowest BCUT2D eigenvalue weighted by molar-refractivity contribution is -0.645. The van der Waals surface area contributed by atoms with Gasteiger partial charge in [0.15, 0.2) is 11.4 Å². The van der Waals surface area contributed by atoms with Gasteiger partial charge in [0.25, 0.3) is 0 Å². The second-order valence-corrected chi connectivity index (χ2v) is 9.31. The van der Waals surface area contributed by atoms with Crippen LogP contribution in [0.1, 0.15) is 11.3 Å². The van der Waals surface area contributed by atoms with Crippen molar-refractivity contribution in [3.63, 3.8) is 0 Å². The van der Waals surface area contributed by atoms with E-state index >= 15 is 0 Å². The molecular formula is C24H23N6OS+. The molecule has 7 nitrogen and oxygen atoms in total. The highest BCUT2D eigenvalue weighted by Gasteiger charge is 2.34. The lowest BCUT2D eigenvalue weighted by atomic mass is 10.0. The normalized spacial score (nSPS) is 14.9. The van der Waals surface area contributed by atoms with Gasteiger partial charge in [0.2, 0.25) is 5.52 Å². The summed E-state index contributed by atoms with van der Waals surface area (Å²) in [5, 5.41) is 13.9. The summed E-state index contributed by atoms with van der Waals surface area (Å²) in [7, 11) is 3.97. The van der Waals surface area contributed by atoms with Crippen molar-refractivity contribution in [2.75, 3.05) is 30.4 Å². The zero-order chi connectivity index (χ0) is 21.8. The van der Waals surface area contributed by atoms with Gasteiger partial charge in [0, 0.05) is 61.0 Å². The minimum atomic E-state index is -0.300. The van der Waals surface area contributed by atoms with Gasteiger partial charge in [-0.25, -0.2) is 15.0 Å². The molecule has 4 aromatic rings. The summed E-state index contributed by atoms with van der Waals surface area (Å²) in [4.78, 5) is 17.7. The highest BCUT2D eigenvalue weighted by Crippen LogP contribution is 2.45. The van der Waals surface area contributed by atoms with E-state index in [0.29, 0.717) is 18.2 Å². The number of fused-ring (bicyclic) bond motifs is 4. The molecule has 2 N–H and O–H groups in total. The van der Waals surface area contributed by atoms with E-state index < -0.39 is 0 Å². The number of β-amino-alcohol motifs (C(OH)–C–C–N with tert-alkyl or cyclic N) is 1. The van der Waals surface area contributed by atoms with Crippen molar-refractivity contribution in [1.82, 2.24) is 15.0 Å². The number of benzene rings is 1. The Kier molecular flexibility index (Phi) is 4.51. The third-order valence-electron chi connectivity index (χ3n) is 6.19. The third kappa shape index (κ3) is 3.10. The molecule has 2 aliphatic rings. The number of aryl methyl sites for hydroxylation is 1. The van der Waals surface area contributed by atoms with Crippen molar-refractivity contribution < 1.29 is 9.67 Å². The van der Waals surface area contributed by atoms with Crippen LogP contribution in [0.5, 0.6) is 0 Å². The number of pyridine rings is 2. The summed E-state index contributed by atoms with van der Waals surface area (Å²) >= 11 is 1.53. The number of anilines is 2. The van der Waals surface area contributed by atoms with Gasteiger partial charge in [-0.3, -0.25) is 0 Å². The maximum absolute atomic E-state index is 9.93. The van der Waals surface area contributed by atoms with Gasteiger partial charge in [-0.2, -0.15) is 4.57 Å². The Balaban J connectivity index is 1.44. The Hall–Kier alpha value is -3.23. The van der Waals surface area contributed by atoms with Crippen LogP contribution in [0.3, 0.4) is 0 Å². The van der Waals surface area contributed by atoms with E-state index in [9.17, 15) is 5.11 Å². The Morgan fingerprint density at radius 3 is 2.88 bits per heavy atom. The predicted molar refractivity (Wildman–Crippen MR) is 125 cm³/mol. The molecule has 8 heteroatoms. The average Bonchev–Trinajstić information content (AvgIpc) is 3.15. The van der Waals surface area contributed by atoms with Crippen LogP contribution in [0.2, 0.25) is 0 Å². The lowest BCUT2D eigenvalue weighted by Gasteiger charge is -2.38. The van der Waals surface area contributed by atoms with Crippen molar-refractivity contribution in [2.24, 2.45) is 7.05 Å². The Morgan fingerprint density at radius 1 is 1.19 bits per heavy atom. The smallest absolute Gasteiger partial charge is 0.232 e. The first-order chi connectivity index (χ1) is 15.6. The molecule has 0 saturated carbocycles. The SMILES string of the molecule is CNc1cccc2c1Cc1nc(Sc3cnc4ccc[n+](C)c4c3)nc(N3CC(O)C3)c1-2. The summed E-state index contributed by atoms with van der Waals surface area (Å²) in [5.74, 6) is 0.911. The number of aliphatic hydroxyl groups is 1. The van der Waals surface area contributed by atoms with Gasteiger partial charge in [-0.15, -0.1) is 0 Å². The first-order valence-corrected chi connectivity index (χ1v) is 11.5. The Bertz CT molecular complexity index is 1370. The first-order valence-electron chi connectivity index (χ1n) is 10.7. The van der Waals surface area contributed by atoms with E-state index in [1.54, 1.807) is 0 Å². The number of hydrogen-bond acceptors (Lipinski definition) is 7. The second-order valence-electron chi connectivity index (χ2n) is 8.27. The van der Waals surface area contributed by atoms with Crippen molar-refractivity contribution in [2.45, 2.75) is 22.6 Å². The quantitative estimate of drug-likeness (QED) is 0.327. The molecule has 3 aromatic heterocycles. The van der Waals surface area contributed by atoms with Crippen molar-refractivity contribution >= 4 is 34.3 Å². The fraction of sp³-hybridized carbons (Fsp3) is 0.250. The number of nitrogens with zero attached hydrogens (tertiary/aromatic N) is 5. The van der Waals surface area contributed by atoms with E-state index in [1.807, 2.05) is 38.6 Å². The standard InChI is InChI=1S/C24H23N6OS/c1-25-18-6-3-5-16-17(18)10-20-22(16)23(30-12-14(31)13-30)28-24(27-20)32-15-9-21-19(26-11-15)7-4-8-29(21)2/h3-9,11,14,25,31H,10,12-13H2,1-2H3/q+1. The van der Waals surface area contributed by atoms with E-state index in [0.717, 1.165) is 45.1 Å². The van der Waals surface area contributed by atoms with E-state index in [4.69, 9.17) is 9.97 Å². The molecule has 160 valence electrons. The summed E-state index contributed by atoms with van der Waals surface area (Å²) in [6.07, 6.45) is 4.37. The van der Waals surface area contributed by atoms with Crippen LogP contribution >= 0.6 is 11.8 Å². The maximum atomic E-state index is 9.93. The van der Waals surface area contributed by atoms with Gasteiger partial charge in [0.1, 0.15) is 18.4 Å². The molecule has 32 heavy (non-hydrogen) atoms. The zero-order valence-electron chi connectivity index (χ0n) is 17.9. The van der Waals surface area contributed by atoms with Crippen molar-refractivity contribution in [3.05, 3.63) is 60.0 Å². The first kappa shape index (κ1) is 19.5. The molecule has 1 aliphatic heterocycles. The molecule has 0 atom stereocenters. The summed E-state index contributed by atoms with van der Waals surface area (Å²) in [6.45, 7) is 1.20. The summed E-state index contributed by atoms with van der Waals surface area (Å²) < 4.78 is 2.07. The Morgan fingerprint density at radius 2 is 2.06 bits per heavy atom. The molecule has 0 unspecified atom stereocenters. The molecule has 1 aliphatic carbocycles. The van der Waals surface area contributed by atoms with E-state index in [2.05, 4.69) is 44.0 Å². The van der Waals surface area contributed by atoms with Gasteiger partial charge in [-0.05, 0) is 35.0 Å². The summed E-state index contributed by atoms with van der Waals surface area (Å²) in [6, 6.07) is 12.4. The maximum Gasteiger partial charge on any atom is 0.232 e. The van der Waals surface area contributed by atoms with E-state index in [1.165, 1.54) is 22.9 Å². The molecule has 6 rings (SSSR count). The number of nitrogens with one attached hydrogen (secondary N) is 1. The molecule has 0 amide bonds. The monoisotopic (exact) mass is 443 g/mol.